The van der Waals surface area contributed by atoms with Crippen molar-refractivity contribution in [2.45, 2.75) is 32.9 Å². The molecule has 1 heterocycles. The van der Waals surface area contributed by atoms with Gasteiger partial charge in [-0.1, -0.05) is 19.1 Å². The van der Waals surface area contributed by atoms with Crippen LogP contribution in [0.2, 0.25) is 0 Å². The lowest BCUT2D eigenvalue weighted by molar-refractivity contribution is 0.475. The average molecular weight is 448 g/mol. The number of benzene rings is 1. The fraction of sp³-hybridized carbons (Fsp3) is 0.400. The van der Waals surface area contributed by atoms with Crippen molar-refractivity contribution in [2.75, 3.05) is 6.54 Å². The van der Waals surface area contributed by atoms with Gasteiger partial charge in [-0.2, -0.15) is 5.10 Å². The van der Waals surface area contributed by atoms with Gasteiger partial charge in [-0.25, -0.2) is 0 Å². The Morgan fingerprint density at radius 2 is 1.95 bits per heavy atom. The molecule has 20 heavy (non-hydrogen) atoms. The summed E-state index contributed by atoms with van der Waals surface area (Å²) in [7, 11) is 0. The lowest BCUT2D eigenvalue weighted by Gasteiger charge is -2.22. The lowest BCUT2D eigenvalue weighted by atomic mass is 10.0. The molecule has 0 saturated heterocycles. The minimum atomic E-state index is 0.149. The van der Waals surface area contributed by atoms with Crippen LogP contribution in [0.4, 0.5) is 0 Å². The third-order valence-corrected chi connectivity index (χ3v) is 4.49. The van der Waals surface area contributed by atoms with E-state index in [1.165, 1.54) is 14.8 Å². The van der Waals surface area contributed by atoms with E-state index in [2.05, 4.69) is 98.7 Å². The van der Waals surface area contributed by atoms with E-state index in [4.69, 9.17) is 0 Å². The topological polar surface area (TPSA) is 29.9 Å². The second-order valence-electron chi connectivity index (χ2n) is 4.96. The summed E-state index contributed by atoms with van der Waals surface area (Å²) in [5, 5.41) is 8.05. The highest BCUT2D eigenvalue weighted by atomic mass is 127. The average Bonchev–Trinajstić information content (AvgIpc) is 2.79. The molecular weight excluding hydrogens is 429 g/mol. The predicted octanol–water partition coefficient (Wildman–Crippen LogP) is 4.53. The van der Waals surface area contributed by atoms with Crippen molar-refractivity contribution in [1.82, 2.24) is 15.1 Å². The SMILES string of the molecule is CCNC(c1ccc(I)cc1)c1c(Br)cnn1C(C)C. The molecule has 1 unspecified atom stereocenters. The largest absolute Gasteiger partial charge is 0.305 e. The smallest absolute Gasteiger partial charge is 0.0759 e. The van der Waals surface area contributed by atoms with E-state index >= 15 is 0 Å². The number of nitrogens with zero attached hydrogens (tertiary/aromatic N) is 2. The third-order valence-electron chi connectivity index (χ3n) is 3.16. The maximum absolute atomic E-state index is 4.49. The van der Waals surface area contributed by atoms with Gasteiger partial charge in [0.1, 0.15) is 0 Å². The molecular formula is C15H19BrIN3. The maximum atomic E-state index is 4.49. The Balaban J connectivity index is 2.48. The molecule has 1 atom stereocenters. The van der Waals surface area contributed by atoms with Crippen LogP contribution in [0.15, 0.2) is 34.9 Å². The van der Waals surface area contributed by atoms with Crippen molar-refractivity contribution in [1.29, 1.82) is 0 Å². The van der Waals surface area contributed by atoms with Gasteiger partial charge in [-0.05, 0) is 76.6 Å². The Hall–Kier alpha value is -0.400. The molecule has 3 nitrogen and oxygen atoms in total. The van der Waals surface area contributed by atoms with Gasteiger partial charge in [0.2, 0.25) is 0 Å². The summed E-state index contributed by atoms with van der Waals surface area (Å²) >= 11 is 5.97. The lowest BCUT2D eigenvalue weighted by Crippen LogP contribution is -2.26. The highest BCUT2D eigenvalue weighted by molar-refractivity contribution is 14.1. The Morgan fingerprint density at radius 1 is 1.30 bits per heavy atom. The first-order chi connectivity index (χ1) is 9.54. The zero-order chi connectivity index (χ0) is 14.7. The first kappa shape index (κ1) is 16.0. The predicted molar refractivity (Wildman–Crippen MR) is 95.0 cm³/mol. The molecule has 2 aromatic rings. The van der Waals surface area contributed by atoms with Crippen LogP contribution in [-0.4, -0.2) is 16.3 Å². The molecule has 0 aliphatic heterocycles. The van der Waals surface area contributed by atoms with Gasteiger partial charge in [0.05, 0.1) is 22.4 Å². The van der Waals surface area contributed by atoms with E-state index in [0.29, 0.717) is 6.04 Å². The molecule has 2 rings (SSSR count). The van der Waals surface area contributed by atoms with Crippen LogP contribution in [0.1, 0.15) is 44.1 Å². The number of hydrogen-bond acceptors (Lipinski definition) is 2. The van der Waals surface area contributed by atoms with Crippen molar-refractivity contribution in [3.05, 3.63) is 49.8 Å². The van der Waals surface area contributed by atoms with Crippen LogP contribution in [0, 0.1) is 3.57 Å². The van der Waals surface area contributed by atoms with E-state index in [0.717, 1.165) is 11.0 Å². The molecule has 1 N–H and O–H groups in total. The van der Waals surface area contributed by atoms with Gasteiger partial charge in [-0.3, -0.25) is 4.68 Å². The highest BCUT2D eigenvalue weighted by Gasteiger charge is 2.22. The van der Waals surface area contributed by atoms with Crippen LogP contribution in [0.25, 0.3) is 0 Å². The summed E-state index contributed by atoms with van der Waals surface area (Å²) in [6.07, 6.45) is 1.88. The molecule has 0 aliphatic carbocycles. The van der Waals surface area contributed by atoms with E-state index in [1.54, 1.807) is 0 Å². The van der Waals surface area contributed by atoms with Crippen LogP contribution in [-0.2, 0) is 0 Å². The second-order valence-corrected chi connectivity index (χ2v) is 7.06. The van der Waals surface area contributed by atoms with Crippen molar-refractivity contribution < 1.29 is 0 Å². The second kappa shape index (κ2) is 7.04. The van der Waals surface area contributed by atoms with E-state index in [-0.39, 0.29) is 6.04 Å². The fourth-order valence-electron chi connectivity index (χ4n) is 2.26. The molecule has 108 valence electrons. The van der Waals surface area contributed by atoms with E-state index in [1.807, 2.05) is 6.20 Å². The minimum absolute atomic E-state index is 0.149. The van der Waals surface area contributed by atoms with Crippen molar-refractivity contribution in [3.8, 4) is 0 Å². The highest BCUT2D eigenvalue weighted by Crippen LogP contribution is 2.30. The standard InChI is InChI=1S/C15H19BrIN3/c1-4-18-14(11-5-7-12(17)8-6-11)15-13(16)9-19-20(15)10(2)3/h5-10,14,18H,4H2,1-3H3. The van der Waals surface area contributed by atoms with Crippen molar-refractivity contribution in [2.24, 2.45) is 0 Å². The van der Waals surface area contributed by atoms with Crippen LogP contribution in [0.3, 0.4) is 0 Å². The molecule has 5 heteroatoms. The van der Waals surface area contributed by atoms with Crippen LogP contribution >= 0.6 is 38.5 Å². The molecule has 0 radical (unpaired) electrons. The number of nitrogens with one attached hydrogen (secondary N) is 1. The normalized spacial score (nSPS) is 12.9. The van der Waals surface area contributed by atoms with Gasteiger partial charge in [-0.15, -0.1) is 0 Å². The monoisotopic (exact) mass is 447 g/mol. The number of hydrogen-bond donors (Lipinski definition) is 1. The Labute approximate surface area is 142 Å². The van der Waals surface area contributed by atoms with E-state index in [9.17, 15) is 0 Å². The van der Waals surface area contributed by atoms with Crippen LogP contribution < -0.4 is 5.32 Å². The van der Waals surface area contributed by atoms with Crippen molar-refractivity contribution in [3.63, 3.8) is 0 Å². The molecule has 0 saturated carbocycles. The molecule has 0 aliphatic rings. The molecule has 0 fully saturated rings. The first-order valence-corrected chi connectivity index (χ1v) is 8.63. The fourth-order valence-corrected chi connectivity index (χ4v) is 3.13. The maximum Gasteiger partial charge on any atom is 0.0759 e. The molecule has 1 aromatic heterocycles. The van der Waals surface area contributed by atoms with Crippen LogP contribution in [0.5, 0.6) is 0 Å². The zero-order valence-corrected chi connectivity index (χ0v) is 15.6. The van der Waals surface area contributed by atoms with E-state index < -0.39 is 0 Å². The van der Waals surface area contributed by atoms with Gasteiger partial charge in [0.25, 0.3) is 0 Å². The number of halogens is 2. The van der Waals surface area contributed by atoms with Crippen molar-refractivity contribution >= 4 is 38.5 Å². The first-order valence-electron chi connectivity index (χ1n) is 6.76. The minimum Gasteiger partial charge on any atom is -0.305 e. The van der Waals surface area contributed by atoms with Gasteiger partial charge >= 0.3 is 0 Å². The molecule has 1 aromatic carbocycles. The summed E-state index contributed by atoms with van der Waals surface area (Å²) in [5.74, 6) is 0. The Bertz CT molecular complexity index is 563. The Morgan fingerprint density at radius 3 is 2.50 bits per heavy atom. The Kier molecular flexibility index (Phi) is 5.63. The quantitative estimate of drug-likeness (QED) is 0.682. The summed E-state index contributed by atoms with van der Waals surface area (Å²) in [4.78, 5) is 0. The van der Waals surface area contributed by atoms with Gasteiger partial charge < -0.3 is 5.32 Å². The summed E-state index contributed by atoms with van der Waals surface area (Å²) in [6, 6.07) is 9.13. The number of aromatic nitrogens is 2. The third kappa shape index (κ3) is 3.43. The summed E-state index contributed by atoms with van der Waals surface area (Å²) < 4.78 is 4.38. The molecule has 0 bridgehead atoms. The summed E-state index contributed by atoms with van der Waals surface area (Å²) in [6.45, 7) is 7.34. The molecule has 0 spiro atoms. The van der Waals surface area contributed by atoms with Gasteiger partial charge in [0.15, 0.2) is 0 Å². The zero-order valence-electron chi connectivity index (χ0n) is 11.9. The number of rotatable bonds is 5. The molecule has 0 amide bonds. The van der Waals surface area contributed by atoms with Gasteiger partial charge in [0, 0.05) is 9.61 Å². The summed E-state index contributed by atoms with van der Waals surface area (Å²) in [5.41, 5.74) is 2.44.